The Bertz CT molecular complexity index is 372. The fraction of sp³-hybridized carbons (Fsp3) is 0.714. The molecular weight excluding hydrogens is 280 g/mol. The van der Waals surface area contributed by atoms with Crippen molar-refractivity contribution in [3.63, 3.8) is 0 Å². The smallest absolute Gasteiger partial charge is 0.0931 e. The zero-order chi connectivity index (χ0) is 13.5. The van der Waals surface area contributed by atoms with E-state index in [1.807, 2.05) is 6.07 Å². The monoisotopic (exact) mass is 302 g/mol. The van der Waals surface area contributed by atoms with Gasteiger partial charge in [0, 0.05) is 37.7 Å². The highest BCUT2D eigenvalue weighted by Crippen LogP contribution is 2.25. The molecule has 0 amide bonds. The second kappa shape index (κ2) is 8.22. The van der Waals surface area contributed by atoms with Crippen molar-refractivity contribution < 1.29 is 4.74 Å². The summed E-state index contributed by atoms with van der Waals surface area (Å²) in [5.41, 5.74) is 0. The van der Waals surface area contributed by atoms with E-state index >= 15 is 0 Å². The number of rotatable bonds is 7. The van der Waals surface area contributed by atoms with Crippen molar-refractivity contribution in [3.8, 4) is 0 Å². The SMILES string of the molecule is COCCNCC1CCCCN1Cc1ccc(Cl)s1. The third-order valence-electron chi connectivity index (χ3n) is 3.60. The number of hydrogen-bond acceptors (Lipinski definition) is 4. The molecule has 2 rings (SSSR count). The van der Waals surface area contributed by atoms with Gasteiger partial charge in [0.25, 0.3) is 0 Å². The molecule has 1 saturated heterocycles. The van der Waals surface area contributed by atoms with Crippen LogP contribution in [0.25, 0.3) is 0 Å². The molecule has 0 bridgehead atoms. The van der Waals surface area contributed by atoms with E-state index in [0.29, 0.717) is 6.04 Å². The standard InChI is InChI=1S/C14H23ClN2OS/c1-18-9-7-16-10-12-4-2-3-8-17(12)11-13-5-6-14(15)19-13/h5-6,12,16H,2-4,7-11H2,1H3. The minimum Gasteiger partial charge on any atom is -0.383 e. The van der Waals surface area contributed by atoms with Crippen molar-refractivity contribution in [2.24, 2.45) is 0 Å². The van der Waals surface area contributed by atoms with E-state index in [4.69, 9.17) is 16.3 Å². The predicted molar refractivity (Wildman–Crippen MR) is 82.1 cm³/mol. The molecule has 1 atom stereocenters. The molecule has 0 saturated carbocycles. The Morgan fingerprint density at radius 3 is 3.11 bits per heavy atom. The molecular formula is C14H23ClN2OS. The van der Waals surface area contributed by atoms with Gasteiger partial charge in [-0.1, -0.05) is 18.0 Å². The molecule has 108 valence electrons. The normalized spacial score (nSPS) is 20.8. The van der Waals surface area contributed by atoms with Crippen LogP contribution in [0, 0.1) is 0 Å². The van der Waals surface area contributed by atoms with Crippen molar-refractivity contribution in [1.29, 1.82) is 0 Å². The van der Waals surface area contributed by atoms with E-state index in [0.717, 1.165) is 30.6 Å². The van der Waals surface area contributed by atoms with Gasteiger partial charge in [-0.2, -0.15) is 0 Å². The van der Waals surface area contributed by atoms with Crippen molar-refractivity contribution in [1.82, 2.24) is 10.2 Å². The molecule has 1 aliphatic heterocycles. The van der Waals surface area contributed by atoms with Crippen LogP contribution in [-0.4, -0.2) is 44.3 Å². The van der Waals surface area contributed by atoms with E-state index in [2.05, 4.69) is 16.3 Å². The van der Waals surface area contributed by atoms with Crippen LogP contribution < -0.4 is 5.32 Å². The van der Waals surface area contributed by atoms with Crippen LogP contribution in [0.4, 0.5) is 0 Å². The minimum absolute atomic E-state index is 0.645. The Labute approximate surface area is 124 Å². The summed E-state index contributed by atoms with van der Waals surface area (Å²) in [5.74, 6) is 0. The Morgan fingerprint density at radius 1 is 1.47 bits per heavy atom. The maximum Gasteiger partial charge on any atom is 0.0931 e. The first kappa shape index (κ1) is 15.3. The molecule has 1 aromatic rings. The first-order valence-electron chi connectivity index (χ1n) is 6.97. The van der Waals surface area contributed by atoms with Crippen LogP contribution in [0.5, 0.6) is 0 Å². The lowest BCUT2D eigenvalue weighted by molar-refractivity contribution is 0.134. The van der Waals surface area contributed by atoms with E-state index < -0.39 is 0 Å². The molecule has 1 aliphatic rings. The number of nitrogens with one attached hydrogen (secondary N) is 1. The van der Waals surface area contributed by atoms with E-state index in [1.165, 1.54) is 30.7 Å². The van der Waals surface area contributed by atoms with Crippen molar-refractivity contribution >= 4 is 22.9 Å². The van der Waals surface area contributed by atoms with Crippen LogP contribution in [0.1, 0.15) is 24.1 Å². The van der Waals surface area contributed by atoms with Gasteiger partial charge >= 0.3 is 0 Å². The average Bonchev–Trinajstić information content (AvgIpc) is 2.82. The molecule has 1 N–H and O–H groups in total. The maximum atomic E-state index is 6.01. The van der Waals surface area contributed by atoms with Gasteiger partial charge in [0.15, 0.2) is 0 Å². The first-order valence-corrected chi connectivity index (χ1v) is 8.17. The van der Waals surface area contributed by atoms with Gasteiger partial charge in [0.1, 0.15) is 0 Å². The second-order valence-electron chi connectivity index (χ2n) is 5.02. The van der Waals surface area contributed by atoms with Gasteiger partial charge in [-0.15, -0.1) is 11.3 Å². The number of halogens is 1. The molecule has 5 heteroatoms. The summed E-state index contributed by atoms with van der Waals surface area (Å²) in [5, 5.41) is 3.49. The Morgan fingerprint density at radius 2 is 2.37 bits per heavy atom. The summed E-state index contributed by atoms with van der Waals surface area (Å²) in [6.07, 6.45) is 3.95. The number of methoxy groups -OCH3 is 1. The average molecular weight is 303 g/mol. The molecule has 1 unspecified atom stereocenters. The van der Waals surface area contributed by atoms with E-state index in [1.54, 1.807) is 18.4 Å². The molecule has 0 radical (unpaired) electrons. The Balaban J connectivity index is 1.81. The number of likely N-dealkylation sites (tertiary alicyclic amines) is 1. The van der Waals surface area contributed by atoms with Crippen LogP contribution in [0.3, 0.4) is 0 Å². The van der Waals surface area contributed by atoms with Gasteiger partial charge < -0.3 is 10.1 Å². The van der Waals surface area contributed by atoms with Gasteiger partial charge in [0.2, 0.25) is 0 Å². The Hall–Kier alpha value is -0.130. The molecule has 1 fully saturated rings. The van der Waals surface area contributed by atoms with Crippen LogP contribution in [-0.2, 0) is 11.3 Å². The number of nitrogens with zero attached hydrogens (tertiary/aromatic N) is 1. The van der Waals surface area contributed by atoms with Gasteiger partial charge in [-0.05, 0) is 31.5 Å². The Kier molecular flexibility index (Phi) is 6.61. The van der Waals surface area contributed by atoms with Gasteiger partial charge in [-0.25, -0.2) is 0 Å². The highest BCUT2D eigenvalue weighted by Gasteiger charge is 2.22. The molecule has 2 heterocycles. The second-order valence-corrected chi connectivity index (χ2v) is 6.82. The third kappa shape index (κ3) is 5.04. The molecule has 3 nitrogen and oxygen atoms in total. The molecule has 0 aliphatic carbocycles. The van der Waals surface area contributed by atoms with Crippen molar-refractivity contribution in [3.05, 3.63) is 21.3 Å². The molecule has 0 aromatic carbocycles. The van der Waals surface area contributed by atoms with E-state index in [9.17, 15) is 0 Å². The number of ether oxygens (including phenoxy) is 1. The summed E-state index contributed by atoms with van der Waals surface area (Å²) < 4.78 is 5.96. The van der Waals surface area contributed by atoms with Crippen LogP contribution in [0.2, 0.25) is 4.34 Å². The highest BCUT2D eigenvalue weighted by atomic mass is 35.5. The lowest BCUT2D eigenvalue weighted by atomic mass is 10.0. The molecule has 19 heavy (non-hydrogen) atoms. The topological polar surface area (TPSA) is 24.5 Å². The highest BCUT2D eigenvalue weighted by molar-refractivity contribution is 7.16. The molecule has 0 spiro atoms. The summed E-state index contributed by atoms with van der Waals surface area (Å²) in [7, 11) is 1.75. The summed E-state index contributed by atoms with van der Waals surface area (Å²) >= 11 is 7.71. The minimum atomic E-state index is 0.645. The van der Waals surface area contributed by atoms with Crippen LogP contribution in [0.15, 0.2) is 12.1 Å². The third-order valence-corrected chi connectivity index (χ3v) is 4.82. The quantitative estimate of drug-likeness (QED) is 0.784. The van der Waals surface area contributed by atoms with Gasteiger partial charge in [-0.3, -0.25) is 4.90 Å². The fourth-order valence-electron chi connectivity index (χ4n) is 2.58. The summed E-state index contributed by atoms with van der Waals surface area (Å²) in [6.45, 7) is 5.02. The zero-order valence-electron chi connectivity index (χ0n) is 11.5. The lowest BCUT2D eigenvalue weighted by Crippen LogP contribution is -2.45. The van der Waals surface area contributed by atoms with Crippen LogP contribution >= 0.6 is 22.9 Å². The van der Waals surface area contributed by atoms with E-state index in [-0.39, 0.29) is 0 Å². The fourth-order valence-corrected chi connectivity index (χ4v) is 3.69. The van der Waals surface area contributed by atoms with Gasteiger partial charge in [0.05, 0.1) is 10.9 Å². The van der Waals surface area contributed by atoms with Crippen molar-refractivity contribution in [2.45, 2.75) is 31.8 Å². The first-order chi connectivity index (χ1) is 9.29. The maximum absolute atomic E-state index is 6.01. The zero-order valence-corrected chi connectivity index (χ0v) is 13.1. The number of hydrogen-bond donors (Lipinski definition) is 1. The summed E-state index contributed by atoms with van der Waals surface area (Å²) in [6, 6.07) is 4.79. The predicted octanol–water partition coefficient (Wildman–Crippen LogP) is 2.99. The summed E-state index contributed by atoms with van der Waals surface area (Å²) in [4.78, 5) is 3.96. The number of thiophene rings is 1. The lowest BCUT2D eigenvalue weighted by Gasteiger charge is -2.35. The molecule has 1 aromatic heterocycles. The largest absolute Gasteiger partial charge is 0.383 e. The van der Waals surface area contributed by atoms with Crippen molar-refractivity contribution in [2.75, 3.05) is 33.4 Å². The number of piperidine rings is 1.